The van der Waals surface area contributed by atoms with Gasteiger partial charge >= 0.3 is 0 Å². The van der Waals surface area contributed by atoms with E-state index in [1.165, 1.54) is 0 Å². The van der Waals surface area contributed by atoms with Crippen LogP contribution in [0.5, 0.6) is 0 Å². The van der Waals surface area contributed by atoms with E-state index in [4.69, 9.17) is 21.7 Å². The van der Waals surface area contributed by atoms with E-state index in [-0.39, 0.29) is 30.4 Å². The molecule has 2 amide bonds. The first-order valence-electron chi connectivity index (χ1n) is 12.2. The van der Waals surface area contributed by atoms with E-state index in [0.29, 0.717) is 40.8 Å². The molecule has 0 saturated carbocycles. The number of aryl methyl sites for hydroxylation is 1. The number of amides is 2. The Balaban J connectivity index is 1.40. The van der Waals surface area contributed by atoms with Crippen molar-refractivity contribution in [1.29, 1.82) is 5.41 Å². The highest BCUT2D eigenvalue weighted by molar-refractivity contribution is 6.35. The zero-order valence-corrected chi connectivity index (χ0v) is 21.4. The molecule has 0 spiro atoms. The number of nitrogens with one attached hydrogen (secondary N) is 2. The minimum absolute atomic E-state index is 0.00627. The number of halogens is 1. The second-order valence-electron chi connectivity index (χ2n) is 10.2. The molecule has 36 heavy (non-hydrogen) atoms. The van der Waals surface area contributed by atoms with Crippen LogP contribution < -0.4 is 5.32 Å². The van der Waals surface area contributed by atoms with Gasteiger partial charge in [-0.05, 0) is 49.9 Å². The molecule has 2 saturated heterocycles. The second kappa shape index (κ2) is 9.33. The number of imidazole rings is 1. The van der Waals surface area contributed by atoms with Gasteiger partial charge in [-0.25, -0.2) is 4.98 Å². The Labute approximate surface area is 215 Å². The Bertz CT molecular complexity index is 1350. The number of anilines is 1. The van der Waals surface area contributed by atoms with Crippen LogP contribution in [0.15, 0.2) is 42.9 Å². The molecule has 5 rings (SSSR count). The van der Waals surface area contributed by atoms with Crippen LogP contribution in [0.4, 0.5) is 5.69 Å². The van der Waals surface area contributed by atoms with Crippen LogP contribution in [-0.4, -0.2) is 50.7 Å². The number of ether oxygens (including phenoxy) is 1. The van der Waals surface area contributed by atoms with Gasteiger partial charge in [0.25, 0.3) is 5.91 Å². The molecule has 2 N–H and O–H groups in total. The second-order valence-corrected chi connectivity index (χ2v) is 10.6. The lowest BCUT2D eigenvalue weighted by atomic mass is 9.73. The van der Waals surface area contributed by atoms with Crippen molar-refractivity contribution in [3.8, 4) is 0 Å². The number of carbonyl (C=O) groups excluding carboxylic acids is 2. The zero-order valence-electron chi connectivity index (χ0n) is 20.7. The Morgan fingerprint density at radius 2 is 2.14 bits per heavy atom. The number of likely N-dealkylation sites (tertiary alicyclic amines) is 1. The van der Waals surface area contributed by atoms with E-state index in [1.54, 1.807) is 29.4 Å². The SMILES string of the molecule is Cc1cc(C(=O)Nc2cccc([C@@]3(C)CC(=N)N([C@@H]4CCO[C@H](C)C4)C(=O)C3)c2Cl)c2nccn2c1. The first kappa shape index (κ1) is 24.5. The van der Waals surface area contributed by atoms with E-state index in [0.717, 1.165) is 24.0 Å². The average Bonchev–Trinajstić information content (AvgIpc) is 3.27. The predicted octanol–water partition coefficient (Wildman–Crippen LogP) is 4.97. The zero-order chi connectivity index (χ0) is 25.6. The number of piperidine rings is 1. The quantitative estimate of drug-likeness (QED) is 0.520. The summed E-state index contributed by atoms with van der Waals surface area (Å²) in [7, 11) is 0. The molecule has 8 nitrogen and oxygen atoms in total. The lowest BCUT2D eigenvalue weighted by Gasteiger charge is -2.44. The van der Waals surface area contributed by atoms with E-state index in [2.05, 4.69) is 10.3 Å². The number of benzene rings is 1. The van der Waals surface area contributed by atoms with Gasteiger partial charge in [0.05, 0.1) is 22.4 Å². The summed E-state index contributed by atoms with van der Waals surface area (Å²) in [5.41, 5.74) is 2.50. The molecular formula is C27H30ClN5O3. The molecule has 3 aromatic rings. The summed E-state index contributed by atoms with van der Waals surface area (Å²) in [5.74, 6) is -0.0778. The van der Waals surface area contributed by atoms with Gasteiger partial charge < -0.3 is 14.5 Å². The molecule has 2 aromatic heterocycles. The van der Waals surface area contributed by atoms with E-state index in [9.17, 15) is 9.59 Å². The van der Waals surface area contributed by atoms with Crippen LogP contribution >= 0.6 is 11.6 Å². The summed E-state index contributed by atoms with van der Waals surface area (Å²) in [4.78, 5) is 32.5. The molecule has 0 radical (unpaired) electrons. The summed E-state index contributed by atoms with van der Waals surface area (Å²) in [6.45, 7) is 6.48. The van der Waals surface area contributed by atoms with Gasteiger partial charge in [-0.3, -0.25) is 19.9 Å². The number of amidine groups is 1. The van der Waals surface area contributed by atoms with E-state index >= 15 is 0 Å². The van der Waals surface area contributed by atoms with Crippen molar-refractivity contribution in [2.24, 2.45) is 0 Å². The molecule has 188 valence electrons. The lowest BCUT2D eigenvalue weighted by Crippen LogP contribution is -2.54. The van der Waals surface area contributed by atoms with Crippen molar-refractivity contribution in [2.45, 2.75) is 64.0 Å². The molecule has 9 heteroatoms. The maximum Gasteiger partial charge on any atom is 0.259 e. The van der Waals surface area contributed by atoms with Gasteiger partial charge in [0.1, 0.15) is 11.5 Å². The van der Waals surface area contributed by atoms with Crippen LogP contribution in [-0.2, 0) is 14.9 Å². The van der Waals surface area contributed by atoms with Crippen molar-refractivity contribution in [2.75, 3.05) is 11.9 Å². The fraction of sp³-hybridized carbons (Fsp3) is 0.407. The topological polar surface area (TPSA) is 99.8 Å². The third kappa shape index (κ3) is 4.40. The van der Waals surface area contributed by atoms with Gasteiger partial charge in [0, 0.05) is 49.5 Å². The highest BCUT2D eigenvalue weighted by atomic mass is 35.5. The van der Waals surface area contributed by atoms with Gasteiger partial charge in [-0.2, -0.15) is 0 Å². The predicted molar refractivity (Wildman–Crippen MR) is 139 cm³/mol. The summed E-state index contributed by atoms with van der Waals surface area (Å²) in [6, 6.07) is 7.24. The molecule has 0 bridgehead atoms. The number of hydrogen-bond acceptors (Lipinski definition) is 5. The Hall–Kier alpha value is -3.23. The van der Waals surface area contributed by atoms with Gasteiger partial charge in [-0.1, -0.05) is 30.7 Å². The first-order valence-corrected chi connectivity index (χ1v) is 12.6. The smallest absolute Gasteiger partial charge is 0.259 e. The number of rotatable bonds is 4. The summed E-state index contributed by atoms with van der Waals surface area (Å²) < 4.78 is 7.45. The Morgan fingerprint density at radius 3 is 2.89 bits per heavy atom. The third-order valence-electron chi connectivity index (χ3n) is 7.25. The van der Waals surface area contributed by atoms with Crippen molar-refractivity contribution < 1.29 is 14.3 Å². The Morgan fingerprint density at radius 1 is 1.33 bits per heavy atom. The van der Waals surface area contributed by atoms with Crippen LogP contribution in [0, 0.1) is 12.3 Å². The normalized spacial score (nSPS) is 24.8. The molecule has 0 unspecified atom stereocenters. The first-order chi connectivity index (χ1) is 17.2. The molecular weight excluding hydrogens is 478 g/mol. The number of hydrogen-bond donors (Lipinski definition) is 2. The molecule has 2 fully saturated rings. The molecule has 0 aliphatic carbocycles. The minimum atomic E-state index is -0.654. The molecule has 3 atom stereocenters. The number of carbonyl (C=O) groups is 2. The lowest BCUT2D eigenvalue weighted by molar-refractivity contribution is -0.134. The third-order valence-corrected chi connectivity index (χ3v) is 7.65. The van der Waals surface area contributed by atoms with Gasteiger partial charge in [-0.15, -0.1) is 0 Å². The van der Waals surface area contributed by atoms with Crippen molar-refractivity contribution in [3.05, 3.63) is 64.6 Å². The highest BCUT2D eigenvalue weighted by Crippen LogP contribution is 2.43. The summed E-state index contributed by atoms with van der Waals surface area (Å²) >= 11 is 6.84. The summed E-state index contributed by atoms with van der Waals surface area (Å²) in [5, 5.41) is 12.1. The van der Waals surface area contributed by atoms with Gasteiger partial charge in [0.2, 0.25) is 5.91 Å². The maximum atomic E-state index is 13.3. The van der Waals surface area contributed by atoms with Crippen molar-refractivity contribution >= 4 is 40.6 Å². The number of aromatic nitrogens is 2. The van der Waals surface area contributed by atoms with Crippen LogP contribution in [0.1, 0.15) is 61.0 Å². The monoisotopic (exact) mass is 507 g/mol. The van der Waals surface area contributed by atoms with Gasteiger partial charge in [0.15, 0.2) is 0 Å². The molecule has 2 aliphatic rings. The van der Waals surface area contributed by atoms with Crippen LogP contribution in [0.25, 0.3) is 5.65 Å². The molecule has 4 heterocycles. The average molecular weight is 508 g/mol. The van der Waals surface area contributed by atoms with E-state index < -0.39 is 5.41 Å². The highest BCUT2D eigenvalue weighted by Gasteiger charge is 2.44. The molecule has 2 aliphatic heterocycles. The van der Waals surface area contributed by atoms with E-state index in [1.807, 2.05) is 43.5 Å². The maximum absolute atomic E-state index is 13.3. The fourth-order valence-electron chi connectivity index (χ4n) is 5.54. The van der Waals surface area contributed by atoms with Crippen LogP contribution in [0.2, 0.25) is 5.02 Å². The minimum Gasteiger partial charge on any atom is -0.378 e. The standard InChI is InChI=1S/C27H30ClN5O3/c1-16-11-19(25-30-8-9-32(25)15-16)26(35)31-21-6-4-5-20(24(21)28)27(3)13-22(29)33(23(34)14-27)18-7-10-36-17(2)12-18/h4-6,8-9,11,15,17-18,29H,7,10,12-14H2,1-3H3,(H,31,35)/t17-,18-,27+/m1/s1. The number of fused-ring (bicyclic) bond motifs is 1. The number of pyridine rings is 1. The fourth-order valence-corrected chi connectivity index (χ4v) is 5.94. The Kier molecular flexibility index (Phi) is 6.34. The number of nitrogens with zero attached hydrogens (tertiary/aromatic N) is 3. The van der Waals surface area contributed by atoms with Crippen molar-refractivity contribution in [1.82, 2.24) is 14.3 Å². The summed E-state index contributed by atoms with van der Waals surface area (Å²) in [6.07, 6.45) is 7.53. The van der Waals surface area contributed by atoms with Crippen molar-refractivity contribution in [3.63, 3.8) is 0 Å². The van der Waals surface area contributed by atoms with Crippen LogP contribution in [0.3, 0.4) is 0 Å². The largest absolute Gasteiger partial charge is 0.378 e. The molecule has 1 aromatic carbocycles.